The van der Waals surface area contributed by atoms with Crippen LogP contribution in [0.2, 0.25) is 0 Å². The molecule has 0 aliphatic carbocycles. The van der Waals surface area contributed by atoms with Crippen molar-refractivity contribution in [3.63, 3.8) is 0 Å². The average molecular weight is 343 g/mol. The third-order valence-electron chi connectivity index (χ3n) is 5.22. The molecule has 0 amide bonds. The van der Waals surface area contributed by atoms with Crippen molar-refractivity contribution in [1.29, 1.82) is 0 Å². The monoisotopic (exact) mass is 343 g/mol. The van der Waals surface area contributed by atoms with Crippen molar-refractivity contribution in [2.75, 3.05) is 26.2 Å². The van der Waals surface area contributed by atoms with Crippen LogP contribution in [0.4, 0.5) is 0 Å². The van der Waals surface area contributed by atoms with Crippen LogP contribution in [0, 0.1) is 0 Å². The number of hydrogen-bond acceptors (Lipinski definition) is 7. The average Bonchev–Trinajstić information content (AvgIpc) is 3.12. The Labute approximate surface area is 147 Å². The first-order valence-corrected chi connectivity index (χ1v) is 9.16. The maximum absolute atomic E-state index is 9.87. The zero-order valence-electron chi connectivity index (χ0n) is 14.4. The number of pyridine rings is 1. The van der Waals surface area contributed by atoms with E-state index in [1.54, 1.807) is 6.20 Å². The third kappa shape index (κ3) is 4.05. The van der Waals surface area contributed by atoms with Gasteiger partial charge in [0.1, 0.15) is 5.69 Å². The molecule has 0 unspecified atom stereocenters. The molecule has 25 heavy (non-hydrogen) atoms. The minimum Gasteiger partial charge on any atom is -0.392 e. The zero-order valence-corrected chi connectivity index (χ0v) is 14.4. The van der Waals surface area contributed by atoms with Gasteiger partial charge >= 0.3 is 0 Å². The van der Waals surface area contributed by atoms with Crippen LogP contribution in [0.25, 0.3) is 11.5 Å². The number of rotatable bonds is 4. The van der Waals surface area contributed by atoms with Crippen LogP contribution in [0.15, 0.2) is 28.9 Å². The quantitative estimate of drug-likeness (QED) is 0.902. The molecular formula is C18H25N5O2. The third-order valence-corrected chi connectivity index (χ3v) is 5.22. The van der Waals surface area contributed by atoms with E-state index in [0.717, 1.165) is 57.6 Å². The predicted octanol–water partition coefficient (Wildman–Crippen LogP) is 1.55. The second-order valence-corrected chi connectivity index (χ2v) is 7.03. The summed E-state index contributed by atoms with van der Waals surface area (Å²) in [6.45, 7) is 4.70. The summed E-state index contributed by atoms with van der Waals surface area (Å²) in [7, 11) is 0. The van der Waals surface area contributed by atoms with Gasteiger partial charge in [0.2, 0.25) is 11.7 Å². The standard InChI is InChI=1S/C18H25N5O2/c24-15-4-3-9-23(12-15)14-6-10-22(11-7-14)13-17-20-18(21-25-17)16-5-1-2-8-19-16/h1-2,5,8,14-15,24H,3-4,6-7,9-13H2/t15-/m1/s1. The molecule has 1 atom stereocenters. The molecule has 4 heterocycles. The van der Waals surface area contributed by atoms with Gasteiger partial charge in [0.05, 0.1) is 12.6 Å². The molecule has 2 aromatic heterocycles. The van der Waals surface area contributed by atoms with E-state index in [-0.39, 0.29) is 6.10 Å². The zero-order chi connectivity index (χ0) is 17.1. The molecule has 7 nitrogen and oxygen atoms in total. The summed E-state index contributed by atoms with van der Waals surface area (Å²) in [5.41, 5.74) is 0.736. The van der Waals surface area contributed by atoms with Crippen molar-refractivity contribution in [3.05, 3.63) is 30.3 Å². The van der Waals surface area contributed by atoms with Crippen LogP contribution < -0.4 is 0 Å². The van der Waals surface area contributed by atoms with E-state index < -0.39 is 0 Å². The number of β-amino-alcohol motifs (C(OH)–C–C–N with tert-alkyl or cyclic N) is 1. The van der Waals surface area contributed by atoms with Gasteiger partial charge in [0.25, 0.3) is 0 Å². The number of piperidine rings is 2. The predicted molar refractivity (Wildman–Crippen MR) is 92.6 cm³/mol. The number of likely N-dealkylation sites (tertiary alicyclic amines) is 2. The molecule has 7 heteroatoms. The molecule has 0 aromatic carbocycles. The Morgan fingerprint density at radius 3 is 2.80 bits per heavy atom. The van der Waals surface area contributed by atoms with Crippen LogP contribution in [0.5, 0.6) is 0 Å². The molecule has 2 aromatic rings. The Bertz CT molecular complexity index is 669. The van der Waals surface area contributed by atoms with Gasteiger partial charge in [-0.25, -0.2) is 0 Å². The van der Waals surface area contributed by atoms with Crippen molar-refractivity contribution in [2.24, 2.45) is 0 Å². The molecule has 1 N–H and O–H groups in total. The van der Waals surface area contributed by atoms with Crippen molar-refractivity contribution in [3.8, 4) is 11.5 Å². The Morgan fingerprint density at radius 2 is 2.04 bits per heavy atom. The fourth-order valence-electron chi connectivity index (χ4n) is 3.87. The highest BCUT2D eigenvalue weighted by atomic mass is 16.5. The molecule has 0 saturated carbocycles. The molecule has 0 spiro atoms. The molecule has 2 saturated heterocycles. The van der Waals surface area contributed by atoms with E-state index >= 15 is 0 Å². The van der Waals surface area contributed by atoms with Gasteiger partial charge in [-0.3, -0.25) is 14.8 Å². The second kappa shape index (κ2) is 7.59. The molecule has 0 bridgehead atoms. The number of nitrogens with zero attached hydrogens (tertiary/aromatic N) is 5. The van der Waals surface area contributed by atoms with Crippen LogP contribution in [0.1, 0.15) is 31.6 Å². The fraction of sp³-hybridized carbons (Fsp3) is 0.611. The molecular weight excluding hydrogens is 318 g/mol. The lowest BCUT2D eigenvalue weighted by molar-refractivity contribution is 0.0231. The minimum absolute atomic E-state index is 0.143. The van der Waals surface area contributed by atoms with Crippen molar-refractivity contribution >= 4 is 0 Å². The highest BCUT2D eigenvalue weighted by molar-refractivity contribution is 5.46. The summed E-state index contributed by atoms with van der Waals surface area (Å²) in [6.07, 6.45) is 5.91. The maximum atomic E-state index is 9.87. The molecule has 2 aliphatic rings. The molecule has 134 valence electrons. The topological polar surface area (TPSA) is 78.5 Å². The first-order valence-electron chi connectivity index (χ1n) is 9.16. The Morgan fingerprint density at radius 1 is 1.16 bits per heavy atom. The smallest absolute Gasteiger partial charge is 0.241 e. The van der Waals surface area contributed by atoms with Crippen LogP contribution >= 0.6 is 0 Å². The van der Waals surface area contributed by atoms with Crippen LogP contribution in [-0.2, 0) is 6.54 Å². The van der Waals surface area contributed by atoms with Crippen molar-refractivity contribution in [2.45, 2.75) is 44.4 Å². The van der Waals surface area contributed by atoms with Gasteiger partial charge in [-0.2, -0.15) is 4.98 Å². The maximum Gasteiger partial charge on any atom is 0.241 e. The van der Waals surface area contributed by atoms with Crippen molar-refractivity contribution in [1.82, 2.24) is 24.9 Å². The summed E-state index contributed by atoms with van der Waals surface area (Å²) in [6, 6.07) is 6.27. The molecule has 2 fully saturated rings. The number of aliphatic hydroxyl groups excluding tert-OH is 1. The van der Waals surface area contributed by atoms with E-state index in [0.29, 0.717) is 24.3 Å². The largest absolute Gasteiger partial charge is 0.392 e. The minimum atomic E-state index is -0.143. The van der Waals surface area contributed by atoms with E-state index in [1.807, 2.05) is 18.2 Å². The van der Waals surface area contributed by atoms with Gasteiger partial charge in [0.15, 0.2) is 0 Å². The highest BCUT2D eigenvalue weighted by Gasteiger charge is 2.28. The van der Waals surface area contributed by atoms with Crippen LogP contribution in [-0.4, -0.2) is 68.4 Å². The summed E-state index contributed by atoms with van der Waals surface area (Å²) < 4.78 is 5.39. The Kier molecular flexibility index (Phi) is 5.05. The number of hydrogen-bond donors (Lipinski definition) is 1. The van der Waals surface area contributed by atoms with Crippen LogP contribution in [0.3, 0.4) is 0 Å². The fourth-order valence-corrected chi connectivity index (χ4v) is 3.87. The first kappa shape index (κ1) is 16.6. The first-order chi connectivity index (χ1) is 12.3. The number of aliphatic hydroxyl groups is 1. The lowest BCUT2D eigenvalue weighted by Gasteiger charge is -2.41. The van der Waals surface area contributed by atoms with E-state index in [1.165, 1.54) is 0 Å². The van der Waals surface area contributed by atoms with Crippen molar-refractivity contribution < 1.29 is 9.63 Å². The lowest BCUT2D eigenvalue weighted by atomic mass is 9.99. The van der Waals surface area contributed by atoms with E-state index in [2.05, 4.69) is 24.9 Å². The van der Waals surface area contributed by atoms with Gasteiger partial charge in [-0.05, 0) is 44.4 Å². The normalized spacial score (nSPS) is 23.8. The molecule has 4 rings (SSSR count). The summed E-state index contributed by atoms with van der Waals surface area (Å²) in [4.78, 5) is 13.6. The van der Waals surface area contributed by atoms with E-state index in [4.69, 9.17) is 4.52 Å². The van der Waals surface area contributed by atoms with Gasteiger partial charge in [-0.1, -0.05) is 11.2 Å². The van der Waals surface area contributed by atoms with Gasteiger partial charge in [-0.15, -0.1) is 0 Å². The molecule has 2 aliphatic heterocycles. The summed E-state index contributed by atoms with van der Waals surface area (Å²) in [5, 5.41) is 13.9. The summed E-state index contributed by atoms with van der Waals surface area (Å²) >= 11 is 0. The number of aromatic nitrogens is 3. The molecule has 0 radical (unpaired) electrons. The van der Waals surface area contributed by atoms with Gasteiger partial charge < -0.3 is 9.63 Å². The Balaban J connectivity index is 1.30. The SMILES string of the molecule is O[C@@H]1CCCN(C2CCN(Cc3nc(-c4ccccn4)no3)CC2)C1. The highest BCUT2D eigenvalue weighted by Crippen LogP contribution is 2.22. The second-order valence-electron chi connectivity index (χ2n) is 7.03. The Hall–Kier alpha value is -1.83. The van der Waals surface area contributed by atoms with Gasteiger partial charge in [0, 0.05) is 31.9 Å². The lowest BCUT2D eigenvalue weighted by Crippen LogP contribution is -2.49. The van der Waals surface area contributed by atoms with E-state index in [9.17, 15) is 5.11 Å². The summed E-state index contributed by atoms with van der Waals surface area (Å²) in [5.74, 6) is 1.19.